The van der Waals surface area contributed by atoms with Crippen LogP contribution in [-0.2, 0) is 4.79 Å². The van der Waals surface area contributed by atoms with Crippen LogP contribution in [0.5, 0.6) is 0 Å². The molecule has 1 aliphatic carbocycles. The highest BCUT2D eigenvalue weighted by Crippen LogP contribution is 2.37. The maximum atomic E-state index is 12.5. The number of thioether (sulfide) groups is 1. The zero-order valence-electron chi connectivity index (χ0n) is 11.2. The van der Waals surface area contributed by atoms with Crippen LogP contribution < -0.4 is 0 Å². The Morgan fingerprint density at radius 1 is 1.21 bits per heavy atom. The second kappa shape index (κ2) is 6.31. The number of hydrogen-bond donors (Lipinski definition) is 0. The third-order valence-electron chi connectivity index (χ3n) is 4.22. The number of rotatable bonds is 2. The van der Waals surface area contributed by atoms with Gasteiger partial charge in [0.25, 0.3) is 0 Å². The summed E-state index contributed by atoms with van der Waals surface area (Å²) in [5.74, 6) is 1.86. The first-order chi connectivity index (χ1) is 9.34. The van der Waals surface area contributed by atoms with Gasteiger partial charge >= 0.3 is 0 Å². The molecule has 4 heteroatoms. The smallest absolute Gasteiger partial charge is 0.225 e. The van der Waals surface area contributed by atoms with E-state index in [1.54, 1.807) is 0 Å². The fraction of sp³-hybridized carbons (Fsp3) is 0.667. The maximum Gasteiger partial charge on any atom is 0.225 e. The lowest BCUT2D eigenvalue weighted by Crippen LogP contribution is -2.36. The third kappa shape index (κ3) is 3.16. The lowest BCUT2D eigenvalue weighted by molar-refractivity contribution is -0.135. The van der Waals surface area contributed by atoms with Gasteiger partial charge in [-0.1, -0.05) is 18.9 Å². The predicted molar refractivity (Wildman–Crippen MR) is 82.7 cm³/mol. The summed E-state index contributed by atoms with van der Waals surface area (Å²) >= 11 is 3.87. The average molecular weight is 295 g/mol. The summed E-state index contributed by atoms with van der Waals surface area (Å²) in [6.07, 6.45) is 5.85. The van der Waals surface area contributed by atoms with Gasteiger partial charge in [-0.15, -0.1) is 11.3 Å². The number of carbonyl (C=O) groups excluding carboxylic acids is 1. The van der Waals surface area contributed by atoms with Gasteiger partial charge in [-0.25, -0.2) is 0 Å². The molecule has 1 amide bonds. The molecular formula is C15H21NOS2. The van der Waals surface area contributed by atoms with Gasteiger partial charge in [-0.3, -0.25) is 4.79 Å². The molecule has 1 saturated heterocycles. The molecule has 0 bridgehead atoms. The van der Waals surface area contributed by atoms with Crippen molar-refractivity contribution in [1.82, 2.24) is 4.90 Å². The Morgan fingerprint density at radius 3 is 2.79 bits per heavy atom. The Balaban J connectivity index is 1.59. The van der Waals surface area contributed by atoms with Gasteiger partial charge in [0.15, 0.2) is 0 Å². The molecule has 2 aliphatic rings. The van der Waals surface area contributed by atoms with Crippen molar-refractivity contribution in [2.75, 3.05) is 18.8 Å². The SMILES string of the molecule is O=C(C1CCCC1)N1CCS[C@H](c2cccs2)CC1. The number of thiophene rings is 1. The van der Waals surface area contributed by atoms with Crippen LogP contribution >= 0.6 is 23.1 Å². The largest absolute Gasteiger partial charge is 0.342 e. The molecule has 1 aromatic rings. The molecule has 1 aliphatic heterocycles. The quantitative estimate of drug-likeness (QED) is 0.823. The first-order valence-electron chi connectivity index (χ1n) is 7.28. The molecule has 0 radical (unpaired) electrons. The van der Waals surface area contributed by atoms with Crippen LogP contribution in [0.25, 0.3) is 0 Å². The standard InChI is InChI=1S/C15H21NOS2/c17-15(12-4-1-2-5-12)16-8-7-14(19-11-9-16)13-6-3-10-18-13/h3,6,10,12,14H,1-2,4-5,7-9,11H2/t14-/m0/s1. The summed E-state index contributed by atoms with van der Waals surface area (Å²) in [7, 11) is 0. The summed E-state index contributed by atoms with van der Waals surface area (Å²) < 4.78 is 0. The van der Waals surface area contributed by atoms with Gasteiger partial charge in [-0.05, 0) is 30.7 Å². The summed E-state index contributed by atoms with van der Waals surface area (Å²) in [4.78, 5) is 16.1. The van der Waals surface area contributed by atoms with Crippen molar-refractivity contribution in [3.05, 3.63) is 22.4 Å². The van der Waals surface area contributed by atoms with Crippen molar-refractivity contribution in [2.24, 2.45) is 5.92 Å². The molecule has 1 aromatic heterocycles. The minimum atomic E-state index is 0.336. The zero-order chi connectivity index (χ0) is 13.1. The van der Waals surface area contributed by atoms with Gasteiger partial charge in [0.1, 0.15) is 0 Å². The fourth-order valence-electron chi connectivity index (χ4n) is 3.12. The zero-order valence-corrected chi connectivity index (χ0v) is 12.8. The Kier molecular flexibility index (Phi) is 4.49. The summed E-state index contributed by atoms with van der Waals surface area (Å²) in [6.45, 7) is 1.90. The van der Waals surface area contributed by atoms with Crippen LogP contribution in [-0.4, -0.2) is 29.6 Å². The monoisotopic (exact) mass is 295 g/mol. The summed E-state index contributed by atoms with van der Waals surface area (Å²) in [5.41, 5.74) is 0. The molecule has 2 nitrogen and oxygen atoms in total. The van der Waals surface area contributed by atoms with Gasteiger partial charge in [-0.2, -0.15) is 11.8 Å². The summed E-state index contributed by atoms with van der Waals surface area (Å²) in [6, 6.07) is 4.36. The van der Waals surface area contributed by atoms with Crippen molar-refractivity contribution < 1.29 is 4.79 Å². The fourth-order valence-corrected chi connectivity index (χ4v) is 5.36. The second-order valence-electron chi connectivity index (χ2n) is 5.47. The topological polar surface area (TPSA) is 20.3 Å². The molecule has 0 aromatic carbocycles. The highest BCUT2D eigenvalue weighted by atomic mass is 32.2. The van der Waals surface area contributed by atoms with E-state index in [-0.39, 0.29) is 0 Å². The van der Waals surface area contributed by atoms with E-state index in [0.717, 1.165) is 38.1 Å². The van der Waals surface area contributed by atoms with Gasteiger partial charge < -0.3 is 4.90 Å². The van der Waals surface area contributed by atoms with E-state index >= 15 is 0 Å². The minimum absolute atomic E-state index is 0.336. The Morgan fingerprint density at radius 2 is 2.05 bits per heavy atom. The Hall–Kier alpha value is -0.480. The van der Waals surface area contributed by atoms with Crippen LogP contribution in [0.4, 0.5) is 0 Å². The molecule has 0 N–H and O–H groups in total. The van der Waals surface area contributed by atoms with Gasteiger partial charge in [0.05, 0.1) is 0 Å². The molecule has 2 heterocycles. The number of carbonyl (C=O) groups is 1. The van der Waals surface area contributed by atoms with Crippen LogP contribution in [0, 0.1) is 5.92 Å². The lowest BCUT2D eigenvalue weighted by Gasteiger charge is -2.23. The van der Waals surface area contributed by atoms with Crippen LogP contribution in [0.1, 0.15) is 42.2 Å². The molecule has 104 valence electrons. The maximum absolute atomic E-state index is 12.5. The van der Waals surface area contributed by atoms with Crippen molar-refractivity contribution >= 4 is 29.0 Å². The third-order valence-corrected chi connectivity index (χ3v) is 6.66. The van der Waals surface area contributed by atoms with Crippen molar-refractivity contribution in [1.29, 1.82) is 0 Å². The van der Waals surface area contributed by atoms with E-state index in [1.165, 1.54) is 17.7 Å². The minimum Gasteiger partial charge on any atom is -0.342 e. The second-order valence-corrected chi connectivity index (χ2v) is 7.76. The van der Waals surface area contributed by atoms with E-state index < -0.39 is 0 Å². The molecule has 0 spiro atoms. The molecule has 3 rings (SSSR count). The highest BCUT2D eigenvalue weighted by Gasteiger charge is 2.29. The van der Waals surface area contributed by atoms with Gasteiger partial charge in [0.2, 0.25) is 5.91 Å². The van der Waals surface area contributed by atoms with E-state index in [9.17, 15) is 4.79 Å². The number of hydrogen-bond acceptors (Lipinski definition) is 3. The number of nitrogens with zero attached hydrogens (tertiary/aromatic N) is 1. The predicted octanol–water partition coefficient (Wildman–Crippen LogP) is 3.94. The molecule has 1 saturated carbocycles. The van der Waals surface area contributed by atoms with Crippen LogP contribution in [0.3, 0.4) is 0 Å². The molecule has 19 heavy (non-hydrogen) atoms. The normalized spacial score (nSPS) is 25.5. The molecule has 0 unspecified atom stereocenters. The van der Waals surface area contributed by atoms with Gasteiger partial charge in [0, 0.05) is 34.9 Å². The van der Waals surface area contributed by atoms with Crippen LogP contribution in [0.2, 0.25) is 0 Å². The first kappa shape index (κ1) is 13.5. The average Bonchev–Trinajstić information content (AvgIpc) is 3.08. The first-order valence-corrected chi connectivity index (χ1v) is 9.21. The summed E-state index contributed by atoms with van der Waals surface area (Å²) in [5, 5.41) is 2.75. The molecular weight excluding hydrogens is 274 g/mol. The van der Waals surface area contributed by atoms with E-state index in [0.29, 0.717) is 17.1 Å². The van der Waals surface area contributed by atoms with E-state index in [2.05, 4.69) is 22.4 Å². The Labute approximate surface area is 123 Å². The molecule has 2 fully saturated rings. The van der Waals surface area contributed by atoms with Crippen molar-refractivity contribution in [3.63, 3.8) is 0 Å². The van der Waals surface area contributed by atoms with E-state index in [1.807, 2.05) is 23.1 Å². The van der Waals surface area contributed by atoms with Crippen molar-refractivity contribution in [3.8, 4) is 0 Å². The highest BCUT2D eigenvalue weighted by molar-refractivity contribution is 7.99. The van der Waals surface area contributed by atoms with Crippen LogP contribution in [0.15, 0.2) is 17.5 Å². The van der Waals surface area contributed by atoms with E-state index in [4.69, 9.17) is 0 Å². The molecule has 1 atom stereocenters. The Bertz CT molecular complexity index is 412. The number of amides is 1. The lowest BCUT2D eigenvalue weighted by atomic mass is 10.1. The van der Waals surface area contributed by atoms with Crippen molar-refractivity contribution in [2.45, 2.75) is 37.4 Å².